The molecule has 1 fully saturated rings. The predicted octanol–water partition coefficient (Wildman–Crippen LogP) is 2.51. The van der Waals surface area contributed by atoms with E-state index in [1.165, 1.54) is 19.3 Å². The van der Waals surface area contributed by atoms with Crippen molar-refractivity contribution in [2.45, 2.75) is 58.6 Å². The third kappa shape index (κ3) is 2.15. The van der Waals surface area contributed by atoms with E-state index in [0.29, 0.717) is 11.8 Å². The Labute approximate surface area is 96.8 Å². The van der Waals surface area contributed by atoms with E-state index >= 15 is 0 Å². The van der Waals surface area contributed by atoms with Gasteiger partial charge < -0.3 is 10.5 Å². The summed E-state index contributed by atoms with van der Waals surface area (Å²) in [5, 5.41) is 4.36. The van der Waals surface area contributed by atoms with Crippen molar-refractivity contribution < 1.29 is 4.74 Å². The highest BCUT2D eigenvalue weighted by molar-refractivity contribution is 5.52. The molecule has 1 saturated carbocycles. The Bertz CT molecular complexity index is 353. The summed E-state index contributed by atoms with van der Waals surface area (Å²) in [6, 6.07) is 0. The predicted molar refractivity (Wildman–Crippen MR) is 64.6 cm³/mol. The van der Waals surface area contributed by atoms with Gasteiger partial charge in [0, 0.05) is 6.54 Å². The summed E-state index contributed by atoms with van der Waals surface area (Å²) >= 11 is 0. The average Bonchev–Trinajstić information content (AvgIpc) is 2.58. The smallest absolute Gasteiger partial charge is 0.236 e. The van der Waals surface area contributed by atoms with Gasteiger partial charge in [-0.3, -0.25) is 0 Å². The topological polar surface area (TPSA) is 53.1 Å². The van der Waals surface area contributed by atoms with Gasteiger partial charge in [0.05, 0.1) is 5.69 Å². The SMILES string of the molecule is CCn1nc(C)c(N)c1OC1CCCCC1. The molecule has 0 aromatic carbocycles. The van der Waals surface area contributed by atoms with Crippen molar-refractivity contribution in [3.8, 4) is 5.88 Å². The van der Waals surface area contributed by atoms with Crippen LogP contribution in [0.15, 0.2) is 0 Å². The minimum atomic E-state index is 0.331. The second kappa shape index (κ2) is 4.76. The number of anilines is 1. The van der Waals surface area contributed by atoms with Crippen molar-refractivity contribution >= 4 is 5.69 Å². The lowest BCUT2D eigenvalue weighted by Crippen LogP contribution is -2.21. The summed E-state index contributed by atoms with van der Waals surface area (Å²) in [6.45, 7) is 4.79. The fourth-order valence-corrected chi connectivity index (χ4v) is 2.25. The first-order valence-corrected chi connectivity index (χ1v) is 6.22. The lowest BCUT2D eigenvalue weighted by atomic mass is 9.98. The number of nitrogens with zero attached hydrogens (tertiary/aromatic N) is 2. The maximum atomic E-state index is 6.00. The molecule has 1 aliphatic rings. The third-order valence-corrected chi connectivity index (χ3v) is 3.26. The van der Waals surface area contributed by atoms with Crippen molar-refractivity contribution in [2.24, 2.45) is 0 Å². The van der Waals surface area contributed by atoms with Gasteiger partial charge in [-0.05, 0) is 39.5 Å². The van der Waals surface area contributed by atoms with Gasteiger partial charge in [0.2, 0.25) is 5.88 Å². The number of rotatable bonds is 3. The van der Waals surface area contributed by atoms with Gasteiger partial charge in [-0.1, -0.05) is 6.42 Å². The van der Waals surface area contributed by atoms with Crippen LogP contribution in [-0.4, -0.2) is 15.9 Å². The van der Waals surface area contributed by atoms with Crippen LogP contribution in [0.2, 0.25) is 0 Å². The summed E-state index contributed by atoms with van der Waals surface area (Å²) in [6.07, 6.45) is 6.49. The monoisotopic (exact) mass is 223 g/mol. The van der Waals surface area contributed by atoms with Gasteiger partial charge in [-0.15, -0.1) is 0 Å². The van der Waals surface area contributed by atoms with E-state index in [1.54, 1.807) is 0 Å². The quantitative estimate of drug-likeness (QED) is 0.856. The highest BCUT2D eigenvalue weighted by atomic mass is 16.5. The zero-order valence-corrected chi connectivity index (χ0v) is 10.2. The number of hydrogen-bond acceptors (Lipinski definition) is 3. The zero-order chi connectivity index (χ0) is 11.5. The molecule has 1 heterocycles. The highest BCUT2D eigenvalue weighted by Gasteiger charge is 2.20. The summed E-state index contributed by atoms with van der Waals surface area (Å²) in [7, 11) is 0. The Morgan fingerprint density at radius 2 is 2.06 bits per heavy atom. The first kappa shape index (κ1) is 11.3. The van der Waals surface area contributed by atoms with Crippen LogP contribution in [0.3, 0.4) is 0 Å². The van der Waals surface area contributed by atoms with Crippen molar-refractivity contribution in [2.75, 3.05) is 5.73 Å². The fourth-order valence-electron chi connectivity index (χ4n) is 2.25. The second-order valence-corrected chi connectivity index (χ2v) is 4.50. The maximum absolute atomic E-state index is 6.00. The Kier molecular flexibility index (Phi) is 3.36. The number of hydrogen-bond donors (Lipinski definition) is 1. The van der Waals surface area contributed by atoms with E-state index in [2.05, 4.69) is 12.0 Å². The molecule has 0 aliphatic heterocycles. The van der Waals surface area contributed by atoms with Crippen LogP contribution in [0, 0.1) is 6.92 Å². The maximum Gasteiger partial charge on any atom is 0.236 e. The Hall–Kier alpha value is -1.19. The molecule has 0 spiro atoms. The number of ether oxygens (including phenoxy) is 1. The molecule has 1 aliphatic carbocycles. The van der Waals surface area contributed by atoms with Crippen LogP contribution in [-0.2, 0) is 6.54 Å². The number of nitrogen functional groups attached to an aromatic ring is 1. The lowest BCUT2D eigenvalue weighted by molar-refractivity contribution is 0.141. The minimum Gasteiger partial charge on any atom is -0.473 e. The van der Waals surface area contributed by atoms with Gasteiger partial charge >= 0.3 is 0 Å². The molecule has 2 N–H and O–H groups in total. The van der Waals surface area contributed by atoms with Gasteiger partial charge in [-0.2, -0.15) is 5.10 Å². The molecule has 4 nitrogen and oxygen atoms in total. The second-order valence-electron chi connectivity index (χ2n) is 4.50. The van der Waals surface area contributed by atoms with Crippen molar-refractivity contribution in [1.29, 1.82) is 0 Å². The van der Waals surface area contributed by atoms with E-state index < -0.39 is 0 Å². The number of aromatic nitrogens is 2. The van der Waals surface area contributed by atoms with Crippen LogP contribution in [0.4, 0.5) is 5.69 Å². The molecular weight excluding hydrogens is 202 g/mol. The molecule has 0 unspecified atom stereocenters. The molecule has 16 heavy (non-hydrogen) atoms. The molecular formula is C12H21N3O. The molecule has 0 radical (unpaired) electrons. The van der Waals surface area contributed by atoms with E-state index in [4.69, 9.17) is 10.5 Å². The third-order valence-electron chi connectivity index (χ3n) is 3.26. The van der Waals surface area contributed by atoms with E-state index in [1.807, 2.05) is 11.6 Å². The number of aryl methyl sites for hydroxylation is 2. The highest BCUT2D eigenvalue weighted by Crippen LogP contribution is 2.29. The average molecular weight is 223 g/mol. The van der Waals surface area contributed by atoms with Gasteiger partial charge in [0.1, 0.15) is 11.8 Å². The molecule has 0 amide bonds. The zero-order valence-electron chi connectivity index (χ0n) is 10.2. The van der Waals surface area contributed by atoms with Crippen molar-refractivity contribution in [3.05, 3.63) is 5.69 Å². The van der Waals surface area contributed by atoms with Gasteiger partial charge in [0.15, 0.2) is 0 Å². The molecule has 90 valence electrons. The van der Waals surface area contributed by atoms with Crippen LogP contribution < -0.4 is 10.5 Å². The van der Waals surface area contributed by atoms with Gasteiger partial charge in [0.25, 0.3) is 0 Å². The Morgan fingerprint density at radius 3 is 2.69 bits per heavy atom. The minimum absolute atomic E-state index is 0.331. The molecule has 0 atom stereocenters. The lowest BCUT2D eigenvalue weighted by Gasteiger charge is -2.23. The summed E-state index contributed by atoms with van der Waals surface area (Å²) in [5.41, 5.74) is 7.56. The van der Waals surface area contributed by atoms with E-state index in [0.717, 1.165) is 31.0 Å². The summed E-state index contributed by atoms with van der Waals surface area (Å²) in [4.78, 5) is 0. The largest absolute Gasteiger partial charge is 0.473 e. The van der Waals surface area contributed by atoms with E-state index in [9.17, 15) is 0 Å². The summed E-state index contributed by atoms with van der Waals surface area (Å²) < 4.78 is 7.86. The van der Waals surface area contributed by atoms with Crippen LogP contribution in [0.25, 0.3) is 0 Å². The number of nitrogens with two attached hydrogens (primary N) is 1. The molecule has 1 aromatic rings. The molecule has 1 aromatic heterocycles. The fraction of sp³-hybridized carbons (Fsp3) is 0.750. The standard InChI is InChI=1S/C12H21N3O/c1-3-15-12(11(13)9(2)14-15)16-10-7-5-4-6-8-10/h10H,3-8,13H2,1-2H3. The van der Waals surface area contributed by atoms with Crippen LogP contribution in [0.5, 0.6) is 5.88 Å². The van der Waals surface area contributed by atoms with Gasteiger partial charge in [-0.25, -0.2) is 4.68 Å². The van der Waals surface area contributed by atoms with E-state index in [-0.39, 0.29) is 0 Å². The Morgan fingerprint density at radius 1 is 1.38 bits per heavy atom. The first-order chi connectivity index (χ1) is 7.72. The molecule has 4 heteroatoms. The van der Waals surface area contributed by atoms with Crippen LogP contribution >= 0.6 is 0 Å². The normalized spacial score (nSPS) is 17.6. The summed E-state index contributed by atoms with van der Waals surface area (Å²) in [5.74, 6) is 0.770. The Balaban J connectivity index is 2.12. The van der Waals surface area contributed by atoms with Crippen molar-refractivity contribution in [3.63, 3.8) is 0 Å². The van der Waals surface area contributed by atoms with Crippen molar-refractivity contribution in [1.82, 2.24) is 9.78 Å². The molecule has 0 saturated heterocycles. The molecule has 0 bridgehead atoms. The van der Waals surface area contributed by atoms with Crippen LogP contribution in [0.1, 0.15) is 44.7 Å². The molecule has 2 rings (SSSR count). The first-order valence-electron chi connectivity index (χ1n) is 6.22.